The summed E-state index contributed by atoms with van der Waals surface area (Å²) in [5.41, 5.74) is 1.05. The van der Waals surface area contributed by atoms with E-state index in [9.17, 15) is 4.79 Å². The second-order valence-corrected chi connectivity index (χ2v) is 6.75. The van der Waals surface area contributed by atoms with Crippen molar-refractivity contribution in [3.8, 4) is 0 Å². The molecule has 1 aliphatic carbocycles. The number of piperazine rings is 1. The molecule has 1 aromatic carbocycles. The van der Waals surface area contributed by atoms with Gasteiger partial charge in [-0.3, -0.25) is 9.69 Å². The van der Waals surface area contributed by atoms with Crippen LogP contribution in [0.25, 0.3) is 6.08 Å². The molecule has 0 N–H and O–H groups in total. The Morgan fingerprint density at radius 2 is 1.95 bits per heavy atom. The SMILES string of the molecule is O=C(/C=C/c1cccc(Br)c1)N1CCN(C2CCC2)CC1. The van der Waals surface area contributed by atoms with E-state index in [4.69, 9.17) is 0 Å². The number of nitrogens with zero attached hydrogens (tertiary/aromatic N) is 2. The third-order valence-electron chi connectivity index (χ3n) is 4.48. The van der Waals surface area contributed by atoms with Crippen molar-refractivity contribution in [2.24, 2.45) is 0 Å². The fourth-order valence-electron chi connectivity index (χ4n) is 2.94. The van der Waals surface area contributed by atoms with Crippen LogP contribution in [0.5, 0.6) is 0 Å². The van der Waals surface area contributed by atoms with Gasteiger partial charge in [0.1, 0.15) is 0 Å². The Bertz CT molecular complexity index is 531. The van der Waals surface area contributed by atoms with Gasteiger partial charge < -0.3 is 4.90 Å². The number of carbonyl (C=O) groups is 1. The minimum atomic E-state index is 0.128. The number of amides is 1. The number of hydrogen-bond acceptors (Lipinski definition) is 2. The lowest BCUT2D eigenvalue weighted by Crippen LogP contribution is -2.53. The van der Waals surface area contributed by atoms with E-state index in [-0.39, 0.29) is 5.91 Å². The zero-order chi connectivity index (χ0) is 14.7. The summed E-state index contributed by atoms with van der Waals surface area (Å²) < 4.78 is 1.03. The summed E-state index contributed by atoms with van der Waals surface area (Å²) in [5.74, 6) is 0.128. The average Bonchev–Trinajstić information content (AvgIpc) is 2.44. The van der Waals surface area contributed by atoms with Gasteiger partial charge in [0.15, 0.2) is 0 Å². The first-order chi connectivity index (χ1) is 10.2. The van der Waals surface area contributed by atoms with Crippen LogP contribution in [0.2, 0.25) is 0 Å². The quantitative estimate of drug-likeness (QED) is 0.783. The molecule has 2 aliphatic rings. The molecule has 1 heterocycles. The Balaban J connectivity index is 1.52. The highest BCUT2D eigenvalue weighted by atomic mass is 79.9. The normalized spacial score (nSPS) is 20.7. The summed E-state index contributed by atoms with van der Waals surface area (Å²) in [6.45, 7) is 3.78. The highest BCUT2D eigenvalue weighted by Gasteiger charge is 2.28. The van der Waals surface area contributed by atoms with Crippen LogP contribution in [0.4, 0.5) is 0 Å². The van der Waals surface area contributed by atoms with Gasteiger partial charge in [-0.05, 0) is 36.6 Å². The maximum Gasteiger partial charge on any atom is 0.246 e. The largest absolute Gasteiger partial charge is 0.337 e. The highest BCUT2D eigenvalue weighted by Crippen LogP contribution is 2.25. The van der Waals surface area contributed by atoms with Gasteiger partial charge in [-0.15, -0.1) is 0 Å². The second-order valence-electron chi connectivity index (χ2n) is 5.83. The molecule has 1 saturated heterocycles. The molecule has 1 aromatic rings. The zero-order valence-electron chi connectivity index (χ0n) is 12.2. The standard InChI is InChI=1S/C17H21BrN2O/c18-15-4-1-3-14(13-15)7-8-17(21)20-11-9-19(10-12-20)16-5-2-6-16/h1,3-4,7-8,13,16H,2,5-6,9-12H2/b8-7+. The van der Waals surface area contributed by atoms with Crippen molar-refractivity contribution >= 4 is 27.9 Å². The van der Waals surface area contributed by atoms with Crippen LogP contribution in [0.3, 0.4) is 0 Å². The number of halogens is 1. The summed E-state index contributed by atoms with van der Waals surface area (Å²) in [6.07, 6.45) is 7.65. The van der Waals surface area contributed by atoms with Crippen molar-refractivity contribution < 1.29 is 4.79 Å². The Labute approximate surface area is 134 Å². The molecule has 2 fully saturated rings. The first-order valence-corrected chi connectivity index (χ1v) is 8.48. The number of benzene rings is 1. The van der Waals surface area contributed by atoms with E-state index in [0.29, 0.717) is 0 Å². The van der Waals surface area contributed by atoms with Crippen molar-refractivity contribution in [3.05, 3.63) is 40.4 Å². The summed E-state index contributed by atoms with van der Waals surface area (Å²) >= 11 is 3.44. The number of carbonyl (C=O) groups excluding carboxylic acids is 1. The van der Waals surface area contributed by atoms with Gasteiger partial charge in [-0.2, -0.15) is 0 Å². The monoisotopic (exact) mass is 348 g/mol. The van der Waals surface area contributed by atoms with Crippen molar-refractivity contribution in [2.75, 3.05) is 26.2 Å². The molecular weight excluding hydrogens is 328 g/mol. The first-order valence-electron chi connectivity index (χ1n) is 7.69. The van der Waals surface area contributed by atoms with Gasteiger partial charge in [0.05, 0.1) is 0 Å². The summed E-state index contributed by atoms with van der Waals surface area (Å²) in [6, 6.07) is 8.77. The minimum Gasteiger partial charge on any atom is -0.337 e. The lowest BCUT2D eigenvalue weighted by atomic mass is 9.91. The Morgan fingerprint density at radius 3 is 2.57 bits per heavy atom. The van der Waals surface area contributed by atoms with E-state index in [0.717, 1.165) is 42.3 Å². The van der Waals surface area contributed by atoms with Gasteiger partial charge in [0, 0.05) is 42.8 Å². The van der Waals surface area contributed by atoms with Crippen LogP contribution in [-0.2, 0) is 4.79 Å². The third-order valence-corrected chi connectivity index (χ3v) is 4.98. The van der Waals surface area contributed by atoms with Crippen molar-refractivity contribution in [1.82, 2.24) is 9.80 Å². The van der Waals surface area contributed by atoms with Crippen LogP contribution in [0, 0.1) is 0 Å². The van der Waals surface area contributed by atoms with Gasteiger partial charge in [0.25, 0.3) is 0 Å². The Morgan fingerprint density at radius 1 is 1.19 bits per heavy atom. The Hall–Kier alpha value is -1.13. The topological polar surface area (TPSA) is 23.6 Å². The molecule has 3 rings (SSSR count). The molecule has 0 radical (unpaired) electrons. The molecular formula is C17H21BrN2O. The van der Waals surface area contributed by atoms with Gasteiger partial charge in [0.2, 0.25) is 5.91 Å². The molecule has 0 unspecified atom stereocenters. The molecule has 4 heteroatoms. The fraction of sp³-hybridized carbons (Fsp3) is 0.471. The second kappa shape index (κ2) is 6.75. The first kappa shape index (κ1) is 14.8. The van der Waals surface area contributed by atoms with E-state index in [2.05, 4.69) is 20.8 Å². The van der Waals surface area contributed by atoms with Crippen LogP contribution in [-0.4, -0.2) is 47.9 Å². The van der Waals surface area contributed by atoms with Crippen LogP contribution in [0.1, 0.15) is 24.8 Å². The molecule has 0 aromatic heterocycles. The van der Waals surface area contributed by atoms with E-state index in [1.807, 2.05) is 35.2 Å². The fourth-order valence-corrected chi connectivity index (χ4v) is 3.36. The summed E-state index contributed by atoms with van der Waals surface area (Å²) in [7, 11) is 0. The molecule has 0 spiro atoms. The Kier molecular flexibility index (Phi) is 4.76. The van der Waals surface area contributed by atoms with E-state index in [1.54, 1.807) is 6.08 Å². The van der Waals surface area contributed by atoms with Crippen LogP contribution < -0.4 is 0 Å². The molecule has 1 amide bonds. The molecule has 0 atom stereocenters. The highest BCUT2D eigenvalue weighted by molar-refractivity contribution is 9.10. The van der Waals surface area contributed by atoms with Gasteiger partial charge >= 0.3 is 0 Å². The molecule has 112 valence electrons. The molecule has 0 bridgehead atoms. The minimum absolute atomic E-state index is 0.128. The van der Waals surface area contributed by atoms with Crippen molar-refractivity contribution in [2.45, 2.75) is 25.3 Å². The predicted molar refractivity (Wildman–Crippen MR) is 89.0 cm³/mol. The van der Waals surface area contributed by atoms with E-state index < -0.39 is 0 Å². The van der Waals surface area contributed by atoms with E-state index in [1.165, 1.54) is 19.3 Å². The van der Waals surface area contributed by atoms with Crippen molar-refractivity contribution in [3.63, 3.8) is 0 Å². The predicted octanol–water partition coefficient (Wildman–Crippen LogP) is 3.16. The maximum atomic E-state index is 12.2. The number of rotatable bonds is 3. The third kappa shape index (κ3) is 3.74. The van der Waals surface area contributed by atoms with Crippen LogP contribution in [0.15, 0.2) is 34.8 Å². The molecule has 21 heavy (non-hydrogen) atoms. The van der Waals surface area contributed by atoms with Gasteiger partial charge in [-0.25, -0.2) is 0 Å². The average molecular weight is 349 g/mol. The van der Waals surface area contributed by atoms with Crippen LogP contribution >= 0.6 is 15.9 Å². The molecule has 1 saturated carbocycles. The van der Waals surface area contributed by atoms with Crippen molar-refractivity contribution in [1.29, 1.82) is 0 Å². The lowest BCUT2D eigenvalue weighted by Gasteiger charge is -2.42. The summed E-state index contributed by atoms with van der Waals surface area (Å²) in [4.78, 5) is 16.7. The zero-order valence-corrected chi connectivity index (χ0v) is 13.8. The molecule has 1 aliphatic heterocycles. The lowest BCUT2D eigenvalue weighted by molar-refractivity contribution is -0.128. The smallest absolute Gasteiger partial charge is 0.246 e. The number of hydrogen-bond donors (Lipinski definition) is 0. The maximum absolute atomic E-state index is 12.2. The van der Waals surface area contributed by atoms with E-state index >= 15 is 0 Å². The van der Waals surface area contributed by atoms with Gasteiger partial charge in [-0.1, -0.05) is 34.5 Å². The summed E-state index contributed by atoms with van der Waals surface area (Å²) in [5, 5.41) is 0. The molecule has 3 nitrogen and oxygen atoms in total.